The first-order valence-electron chi connectivity index (χ1n) is 8.45. The van der Waals surface area contributed by atoms with E-state index in [1.54, 1.807) is 6.08 Å². The Labute approximate surface area is 175 Å². The molecule has 3 atom stereocenters. The fraction of sp³-hybridized carbons (Fsp3) is 0.438. The maximum absolute atomic E-state index is 12.7. The number of carbonyl (C=O) groups is 2. The second-order valence-electron chi connectivity index (χ2n) is 6.80. The van der Waals surface area contributed by atoms with E-state index in [0.717, 1.165) is 4.90 Å². The summed E-state index contributed by atoms with van der Waals surface area (Å²) < 4.78 is 84.4. The van der Waals surface area contributed by atoms with Gasteiger partial charge in [0.15, 0.2) is 44.9 Å². The van der Waals surface area contributed by atoms with Crippen LogP contribution in [0, 0.1) is 0 Å². The molecule has 1 N–H and O–H groups in total. The van der Waals surface area contributed by atoms with E-state index in [4.69, 9.17) is 13.0 Å². The number of amides is 1. The Morgan fingerprint density at radius 3 is 2.29 bits per heavy atom. The van der Waals surface area contributed by atoms with Crippen LogP contribution in [0.25, 0.3) is 0 Å². The molecule has 31 heavy (non-hydrogen) atoms. The fourth-order valence-corrected chi connectivity index (χ4v) is 5.51. The number of fused-ring (bicyclic) bond motifs is 1. The van der Waals surface area contributed by atoms with Gasteiger partial charge in [0.1, 0.15) is 10.1 Å². The van der Waals surface area contributed by atoms with Crippen molar-refractivity contribution in [1.82, 2.24) is 4.90 Å². The number of hydrogen-bond acceptors (Lipinski definition) is 7. The van der Waals surface area contributed by atoms with Gasteiger partial charge in [-0.3, -0.25) is 4.79 Å². The number of alkyl halides is 3. The first kappa shape index (κ1) is 24.7. The van der Waals surface area contributed by atoms with Crippen molar-refractivity contribution in [1.29, 1.82) is 0 Å². The van der Waals surface area contributed by atoms with Crippen molar-refractivity contribution in [2.45, 2.75) is 41.6 Å². The molecule has 2 saturated heterocycles. The molecule has 0 radical (unpaired) electrons. The van der Waals surface area contributed by atoms with Gasteiger partial charge >= 0.3 is 11.5 Å². The summed E-state index contributed by atoms with van der Waals surface area (Å²) in [5, 5.41) is 8.42. The zero-order valence-corrected chi connectivity index (χ0v) is 17.4. The lowest BCUT2D eigenvalue weighted by Gasteiger charge is -2.35. The molecule has 2 fully saturated rings. The Hall–Kier alpha value is -2.52. The van der Waals surface area contributed by atoms with Gasteiger partial charge in [-0.15, -0.1) is 0 Å². The van der Waals surface area contributed by atoms with Crippen LogP contribution < -0.4 is 4.57 Å². The number of carboxylic acids is 1. The smallest absolute Gasteiger partial charge is 0.485 e. The lowest BCUT2D eigenvalue weighted by Crippen LogP contribution is -2.57. The molecule has 1 aromatic rings. The van der Waals surface area contributed by atoms with Gasteiger partial charge in [-0.25, -0.2) is 26.2 Å². The van der Waals surface area contributed by atoms with Crippen LogP contribution in [0.1, 0.15) is 13.3 Å². The largest absolute Gasteiger partial charge is 0.741 e. The number of β-lactam (4-membered cyclic amide) rings is 1. The van der Waals surface area contributed by atoms with Crippen LogP contribution in [0.15, 0.2) is 42.7 Å². The fourth-order valence-electron chi connectivity index (χ4n) is 3.21. The molecular weight excluding hydrogens is 469 g/mol. The van der Waals surface area contributed by atoms with E-state index in [2.05, 4.69) is 0 Å². The minimum absolute atomic E-state index is 0.136. The van der Waals surface area contributed by atoms with Gasteiger partial charge in [0.05, 0.1) is 6.42 Å². The molecule has 0 aliphatic carbocycles. The predicted molar refractivity (Wildman–Crippen MR) is 95.5 cm³/mol. The molecule has 1 amide bonds. The predicted octanol–water partition coefficient (Wildman–Crippen LogP) is -0.220. The zero-order chi connectivity index (χ0) is 23.8. The monoisotopic (exact) mass is 486 g/mol. The molecule has 172 valence electrons. The Balaban J connectivity index is 0.000000366. The molecule has 2 aliphatic heterocycles. The highest BCUT2D eigenvalue weighted by Gasteiger charge is 2.69. The van der Waals surface area contributed by atoms with E-state index in [0.29, 0.717) is 6.54 Å². The number of pyridine rings is 1. The summed E-state index contributed by atoms with van der Waals surface area (Å²) in [6.07, 6.45) is 6.54. The van der Waals surface area contributed by atoms with E-state index < -0.39 is 53.5 Å². The quantitative estimate of drug-likeness (QED) is 0.202. The Morgan fingerprint density at radius 1 is 1.35 bits per heavy atom. The van der Waals surface area contributed by atoms with Crippen LogP contribution in [0.5, 0.6) is 0 Å². The van der Waals surface area contributed by atoms with E-state index in [9.17, 15) is 36.3 Å². The first-order chi connectivity index (χ1) is 14.0. The van der Waals surface area contributed by atoms with Crippen LogP contribution in [0.3, 0.4) is 0 Å². The Bertz CT molecular complexity index is 1100. The van der Waals surface area contributed by atoms with Crippen molar-refractivity contribution in [2.24, 2.45) is 0 Å². The van der Waals surface area contributed by atoms with Gasteiger partial charge in [0, 0.05) is 12.1 Å². The average Bonchev–Trinajstić information content (AvgIpc) is 2.76. The van der Waals surface area contributed by atoms with Crippen molar-refractivity contribution >= 4 is 31.8 Å². The summed E-state index contributed by atoms with van der Waals surface area (Å²) >= 11 is 0. The van der Waals surface area contributed by atoms with E-state index in [1.807, 2.05) is 35.2 Å². The third-order valence-electron chi connectivity index (χ3n) is 4.80. The number of sulfone groups is 1. The molecule has 3 rings (SSSR count). The van der Waals surface area contributed by atoms with Gasteiger partial charge < -0.3 is 14.6 Å². The molecule has 0 unspecified atom stereocenters. The summed E-state index contributed by atoms with van der Waals surface area (Å²) in [5.74, 6) is -1.73. The standard InChI is InChI=1S/C15H16N2O5S.CHF3O3S/c1-15(6-5-9-16-7-3-2-4-8-16)13(14(19)20)17-11(18)10-12(17)23(15,21)22;2-1(3,4)8(5,6)7/h2-8,12-13H,9-10H2,1H3;(H,5,6,7)/b6-5+;/t12-,13+,15+;/m1./s1. The van der Waals surface area contributed by atoms with Crippen molar-refractivity contribution in [2.75, 3.05) is 0 Å². The topological polar surface area (TPSA) is 153 Å². The number of carbonyl (C=O) groups excluding carboxylic acids is 1. The van der Waals surface area contributed by atoms with Crippen LogP contribution in [0.2, 0.25) is 0 Å². The summed E-state index contributed by atoms with van der Waals surface area (Å²) in [5.41, 5.74) is -5.65. The van der Waals surface area contributed by atoms with Crippen LogP contribution in [0.4, 0.5) is 13.2 Å². The van der Waals surface area contributed by atoms with Crippen LogP contribution >= 0.6 is 0 Å². The number of rotatable bonds is 4. The molecule has 0 saturated carbocycles. The number of hydrogen-bond donors (Lipinski definition) is 1. The minimum Gasteiger partial charge on any atom is -0.741 e. The molecule has 0 spiro atoms. The highest BCUT2D eigenvalue weighted by atomic mass is 32.2. The number of aromatic nitrogens is 1. The molecule has 10 nitrogen and oxygen atoms in total. The van der Waals surface area contributed by atoms with Gasteiger partial charge in [0.2, 0.25) is 5.91 Å². The number of aliphatic carboxylic acids is 1. The first-order valence-corrected chi connectivity index (χ1v) is 11.4. The van der Waals surface area contributed by atoms with Gasteiger partial charge in [-0.05, 0) is 13.0 Å². The normalized spacial score (nSPS) is 27.3. The summed E-state index contributed by atoms with van der Waals surface area (Å²) in [4.78, 5) is 24.2. The van der Waals surface area contributed by atoms with Gasteiger partial charge in [-0.2, -0.15) is 13.2 Å². The molecule has 0 aromatic carbocycles. The number of nitrogens with zero attached hydrogens (tertiary/aromatic N) is 2. The van der Waals surface area contributed by atoms with Gasteiger partial charge in [-0.1, -0.05) is 12.1 Å². The molecular formula is C16H17F3N2O8S2. The third kappa shape index (κ3) is 4.57. The van der Waals surface area contributed by atoms with E-state index in [1.165, 1.54) is 13.0 Å². The molecule has 15 heteroatoms. The second-order valence-corrected chi connectivity index (χ2v) is 10.7. The van der Waals surface area contributed by atoms with Gasteiger partial charge in [0.25, 0.3) is 0 Å². The second kappa shape index (κ2) is 8.20. The minimum atomic E-state index is -6.09. The van der Waals surface area contributed by atoms with Crippen LogP contribution in [-0.4, -0.2) is 64.9 Å². The average molecular weight is 486 g/mol. The van der Waals surface area contributed by atoms with Crippen molar-refractivity contribution < 1.29 is 53.8 Å². The molecule has 1 aromatic heterocycles. The summed E-state index contributed by atoms with van der Waals surface area (Å²) in [6, 6.07) is 4.16. The highest BCUT2D eigenvalue weighted by molar-refractivity contribution is 7.94. The Kier molecular flexibility index (Phi) is 6.54. The van der Waals surface area contributed by atoms with E-state index in [-0.39, 0.29) is 6.42 Å². The lowest BCUT2D eigenvalue weighted by molar-refractivity contribution is -0.687. The Morgan fingerprint density at radius 2 is 1.87 bits per heavy atom. The summed E-state index contributed by atoms with van der Waals surface area (Å²) in [6.45, 7) is 1.79. The molecule has 3 heterocycles. The maximum Gasteiger partial charge on any atom is 0.485 e. The zero-order valence-electron chi connectivity index (χ0n) is 15.8. The van der Waals surface area contributed by atoms with Crippen molar-refractivity contribution in [3.05, 3.63) is 42.7 Å². The molecule has 2 aliphatic rings. The SMILES string of the molecule is C[C@]1(/C=C/C[n+]2ccccc2)[C@H](C(=O)O)N2C(=O)C[C@H]2S1(=O)=O.O=S(=O)([O-])C(F)(F)F. The van der Waals surface area contributed by atoms with Crippen molar-refractivity contribution in [3.8, 4) is 0 Å². The maximum atomic E-state index is 12.7. The third-order valence-corrected chi connectivity index (χ3v) is 8.06. The van der Waals surface area contributed by atoms with Crippen LogP contribution in [-0.2, 0) is 36.1 Å². The number of allylic oxidation sites excluding steroid dienone is 1. The number of carboxylic acid groups (broad SMARTS) is 1. The molecule has 0 bridgehead atoms. The lowest BCUT2D eigenvalue weighted by atomic mass is 9.96. The van der Waals surface area contributed by atoms with Crippen molar-refractivity contribution in [3.63, 3.8) is 0 Å². The van der Waals surface area contributed by atoms with E-state index >= 15 is 0 Å². The highest BCUT2D eigenvalue weighted by Crippen LogP contribution is 2.46. The number of halogens is 3. The summed E-state index contributed by atoms with van der Waals surface area (Å²) in [7, 11) is -9.87.